The van der Waals surface area contributed by atoms with Crippen LogP contribution in [0.15, 0.2) is 23.1 Å². The molecule has 0 spiro atoms. The molecular weight excluding hydrogens is 284 g/mol. The van der Waals surface area contributed by atoms with Gasteiger partial charge in [-0.1, -0.05) is 45.6 Å². The summed E-state index contributed by atoms with van der Waals surface area (Å²) >= 11 is 0. The summed E-state index contributed by atoms with van der Waals surface area (Å²) in [5.74, 6) is 0. The van der Waals surface area contributed by atoms with E-state index in [1.165, 1.54) is 12.8 Å². The maximum atomic E-state index is 12.3. The van der Waals surface area contributed by atoms with Crippen LogP contribution >= 0.6 is 0 Å². The first kappa shape index (κ1) is 18.0. The average Bonchev–Trinajstić information content (AvgIpc) is 2.43. The Bertz CT molecular complexity index is 541. The highest BCUT2D eigenvalue weighted by atomic mass is 32.2. The molecule has 120 valence electrons. The second-order valence-corrected chi connectivity index (χ2v) is 7.30. The topological polar surface area (TPSA) is 72.2 Å². The molecule has 0 aromatic heterocycles. The van der Waals surface area contributed by atoms with E-state index in [9.17, 15) is 8.42 Å². The van der Waals surface area contributed by atoms with Crippen LogP contribution in [0.25, 0.3) is 0 Å². The van der Waals surface area contributed by atoms with Gasteiger partial charge in [0.25, 0.3) is 0 Å². The highest BCUT2D eigenvalue weighted by Crippen LogP contribution is 2.19. The van der Waals surface area contributed by atoms with Gasteiger partial charge in [-0.15, -0.1) is 0 Å². The maximum Gasteiger partial charge on any atom is 0.240 e. The minimum absolute atomic E-state index is 0.0565. The lowest BCUT2D eigenvalue weighted by atomic mass is 10.1. The van der Waals surface area contributed by atoms with E-state index in [4.69, 9.17) is 5.73 Å². The van der Waals surface area contributed by atoms with Crippen LogP contribution in [0.3, 0.4) is 0 Å². The molecule has 0 aliphatic carbocycles. The maximum absolute atomic E-state index is 12.3. The zero-order chi connectivity index (χ0) is 15.9. The van der Waals surface area contributed by atoms with Crippen molar-refractivity contribution >= 4 is 15.7 Å². The lowest BCUT2D eigenvalue weighted by molar-refractivity contribution is 0.522. The smallest absolute Gasteiger partial charge is 0.240 e. The molecule has 1 unspecified atom stereocenters. The van der Waals surface area contributed by atoms with Crippen molar-refractivity contribution in [1.29, 1.82) is 0 Å². The van der Waals surface area contributed by atoms with Crippen molar-refractivity contribution in [3.63, 3.8) is 0 Å². The quantitative estimate of drug-likeness (QED) is 0.542. The lowest BCUT2D eigenvalue weighted by Crippen LogP contribution is -2.32. The third-order valence-corrected chi connectivity index (χ3v) is 5.24. The van der Waals surface area contributed by atoms with Crippen molar-refractivity contribution in [2.24, 2.45) is 0 Å². The molecule has 0 radical (unpaired) electrons. The number of unbranched alkanes of at least 4 members (excludes halogenated alkanes) is 3. The van der Waals surface area contributed by atoms with Gasteiger partial charge in [0.05, 0.1) is 4.90 Å². The summed E-state index contributed by atoms with van der Waals surface area (Å²) in [7, 11) is -3.48. The van der Waals surface area contributed by atoms with Crippen LogP contribution in [0.2, 0.25) is 0 Å². The zero-order valence-corrected chi connectivity index (χ0v) is 14.2. The van der Waals surface area contributed by atoms with Crippen LogP contribution in [0, 0.1) is 0 Å². The van der Waals surface area contributed by atoms with Gasteiger partial charge < -0.3 is 5.73 Å². The predicted molar refractivity (Wildman–Crippen MR) is 88.8 cm³/mol. The van der Waals surface area contributed by atoms with Crippen LogP contribution in [-0.4, -0.2) is 14.5 Å². The molecule has 0 saturated carbocycles. The van der Waals surface area contributed by atoms with Gasteiger partial charge in [0.1, 0.15) is 0 Å². The van der Waals surface area contributed by atoms with E-state index in [1.54, 1.807) is 18.2 Å². The highest BCUT2D eigenvalue weighted by molar-refractivity contribution is 7.89. The van der Waals surface area contributed by atoms with Crippen molar-refractivity contribution in [2.75, 3.05) is 5.73 Å². The number of benzene rings is 1. The van der Waals surface area contributed by atoms with Gasteiger partial charge in [0.2, 0.25) is 10.0 Å². The minimum atomic E-state index is -3.48. The molecule has 4 nitrogen and oxygen atoms in total. The van der Waals surface area contributed by atoms with Crippen molar-refractivity contribution in [3.8, 4) is 0 Å². The van der Waals surface area contributed by atoms with E-state index in [-0.39, 0.29) is 10.9 Å². The van der Waals surface area contributed by atoms with E-state index in [0.29, 0.717) is 5.69 Å². The number of rotatable bonds is 9. The molecule has 0 heterocycles. The van der Waals surface area contributed by atoms with E-state index >= 15 is 0 Å². The number of hydrogen-bond donors (Lipinski definition) is 2. The van der Waals surface area contributed by atoms with Gasteiger partial charge >= 0.3 is 0 Å². The molecule has 0 aliphatic rings. The Balaban J connectivity index is 2.66. The Hall–Kier alpha value is -1.07. The monoisotopic (exact) mass is 312 g/mol. The van der Waals surface area contributed by atoms with Gasteiger partial charge in [-0.2, -0.15) is 0 Å². The number of nitrogens with one attached hydrogen (secondary N) is 1. The fourth-order valence-electron chi connectivity index (χ4n) is 2.33. The fraction of sp³-hybridized carbons (Fsp3) is 0.625. The van der Waals surface area contributed by atoms with Crippen molar-refractivity contribution in [1.82, 2.24) is 4.72 Å². The first-order valence-corrected chi connectivity index (χ1v) is 9.29. The highest BCUT2D eigenvalue weighted by Gasteiger charge is 2.18. The summed E-state index contributed by atoms with van der Waals surface area (Å²) in [6.45, 7) is 6.07. The first-order chi connectivity index (χ1) is 9.90. The van der Waals surface area contributed by atoms with Crippen molar-refractivity contribution < 1.29 is 8.42 Å². The number of hydrogen-bond acceptors (Lipinski definition) is 3. The van der Waals surface area contributed by atoms with Crippen LogP contribution in [0.1, 0.15) is 58.4 Å². The van der Waals surface area contributed by atoms with E-state index in [0.717, 1.165) is 31.2 Å². The van der Waals surface area contributed by atoms with Crippen LogP contribution < -0.4 is 10.5 Å². The Labute approximate surface area is 129 Å². The molecule has 0 amide bonds. The lowest BCUT2D eigenvalue weighted by Gasteiger charge is -2.15. The minimum Gasteiger partial charge on any atom is -0.398 e. The Morgan fingerprint density at radius 2 is 1.90 bits per heavy atom. The number of nitrogens with two attached hydrogens (primary N) is 1. The third-order valence-electron chi connectivity index (χ3n) is 3.66. The molecule has 1 aromatic carbocycles. The largest absolute Gasteiger partial charge is 0.398 e. The molecule has 0 saturated heterocycles. The van der Waals surface area contributed by atoms with E-state index < -0.39 is 10.0 Å². The van der Waals surface area contributed by atoms with Gasteiger partial charge in [0, 0.05) is 11.7 Å². The standard InChI is InChI=1S/C16H28N2O2S/c1-4-6-7-8-9-13(3)18-21(19,20)15-11-10-14(5-2)16(17)12-15/h10-13,18H,4-9,17H2,1-3H3. The summed E-state index contributed by atoms with van der Waals surface area (Å²) in [5, 5.41) is 0. The van der Waals surface area contributed by atoms with E-state index in [2.05, 4.69) is 11.6 Å². The molecule has 1 aromatic rings. The van der Waals surface area contributed by atoms with Gasteiger partial charge in [-0.3, -0.25) is 0 Å². The summed E-state index contributed by atoms with van der Waals surface area (Å²) in [5.41, 5.74) is 7.39. The predicted octanol–water partition coefficient (Wildman–Crippen LogP) is 3.47. The second-order valence-electron chi connectivity index (χ2n) is 5.59. The molecule has 1 rings (SSSR count). The van der Waals surface area contributed by atoms with Crippen LogP contribution in [0.4, 0.5) is 5.69 Å². The molecule has 0 bridgehead atoms. The molecule has 21 heavy (non-hydrogen) atoms. The Morgan fingerprint density at radius 1 is 1.19 bits per heavy atom. The second kappa shape index (κ2) is 8.39. The third kappa shape index (κ3) is 5.67. The van der Waals surface area contributed by atoms with Gasteiger partial charge in [0.15, 0.2) is 0 Å². The van der Waals surface area contributed by atoms with Crippen molar-refractivity contribution in [3.05, 3.63) is 23.8 Å². The molecule has 1 atom stereocenters. The fourth-order valence-corrected chi connectivity index (χ4v) is 3.64. The van der Waals surface area contributed by atoms with Crippen LogP contribution in [-0.2, 0) is 16.4 Å². The number of aryl methyl sites for hydroxylation is 1. The average molecular weight is 312 g/mol. The summed E-state index contributed by atoms with van der Waals surface area (Å²) < 4.78 is 27.4. The zero-order valence-electron chi connectivity index (χ0n) is 13.4. The molecule has 0 aliphatic heterocycles. The SMILES string of the molecule is CCCCCCC(C)NS(=O)(=O)c1ccc(CC)c(N)c1. The number of sulfonamides is 1. The van der Waals surface area contributed by atoms with E-state index in [1.807, 2.05) is 13.8 Å². The number of nitrogen functional groups attached to an aromatic ring is 1. The number of anilines is 1. The Kier molecular flexibility index (Phi) is 7.18. The summed E-state index contributed by atoms with van der Waals surface area (Å²) in [4.78, 5) is 0.248. The van der Waals surface area contributed by atoms with Crippen molar-refractivity contribution in [2.45, 2.75) is 70.2 Å². The molecule has 5 heteroatoms. The van der Waals surface area contributed by atoms with Crippen LogP contribution in [0.5, 0.6) is 0 Å². The normalized spacial score (nSPS) is 13.3. The first-order valence-electron chi connectivity index (χ1n) is 7.81. The molecular formula is C16H28N2O2S. The molecule has 3 N–H and O–H groups in total. The molecule has 0 fully saturated rings. The van der Waals surface area contributed by atoms with Gasteiger partial charge in [-0.05, 0) is 37.5 Å². The summed E-state index contributed by atoms with van der Waals surface area (Å²) in [6.07, 6.45) is 6.25. The van der Waals surface area contributed by atoms with Gasteiger partial charge in [-0.25, -0.2) is 13.1 Å². The Morgan fingerprint density at radius 3 is 2.48 bits per heavy atom. The summed E-state index contributed by atoms with van der Waals surface area (Å²) in [6, 6.07) is 4.90.